The molecular formula is C10H7ClFN3O. The van der Waals surface area contributed by atoms with Gasteiger partial charge in [-0.25, -0.2) is 14.2 Å². The Morgan fingerprint density at radius 3 is 3.00 bits per heavy atom. The molecule has 0 bridgehead atoms. The number of amides is 1. The normalized spacial score (nSPS) is 10.1. The maximum Gasteiger partial charge on any atom is 0.331 e. The molecule has 0 spiro atoms. The number of nitrogens with one attached hydrogen (secondary N) is 1. The van der Waals surface area contributed by atoms with Gasteiger partial charge in [-0.05, 0) is 18.2 Å². The van der Waals surface area contributed by atoms with Gasteiger partial charge >= 0.3 is 6.03 Å². The van der Waals surface area contributed by atoms with E-state index in [1.807, 2.05) is 0 Å². The lowest BCUT2D eigenvalue weighted by atomic mass is 10.3. The third-order valence-corrected chi connectivity index (χ3v) is 2.24. The molecule has 16 heavy (non-hydrogen) atoms. The number of hydrogen-bond acceptors (Lipinski definition) is 2. The van der Waals surface area contributed by atoms with Crippen LogP contribution in [0.1, 0.15) is 0 Å². The highest BCUT2D eigenvalue weighted by Gasteiger charge is 2.07. The fourth-order valence-corrected chi connectivity index (χ4v) is 1.32. The third kappa shape index (κ3) is 2.20. The van der Waals surface area contributed by atoms with Crippen LogP contribution >= 0.6 is 11.6 Å². The number of imidazole rings is 1. The number of carbonyl (C=O) groups excluding carboxylic acids is 1. The van der Waals surface area contributed by atoms with Gasteiger partial charge in [0, 0.05) is 12.4 Å². The minimum Gasteiger partial charge on any atom is -0.306 e. The largest absolute Gasteiger partial charge is 0.331 e. The second-order valence-electron chi connectivity index (χ2n) is 3.02. The molecule has 0 fully saturated rings. The molecule has 1 aromatic heterocycles. The predicted molar refractivity (Wildman–Crippen MR) is 58.1 cm³/mol. The lowest BCUT2D eigenvalue weighted by molar-refractivity contribution is 0.253. The molecule has 1 heterocycles. The Morgan fingerprint density at radius 1 is 1.50 bits per heavy atom. The van der Waals surface area contributed by atoms with E-state index in [0.717, 1.165) is 6.07 Å². The van der Waals surface area contributed by atoms with Crippen molar-refractivity contribution < 1.29 is 9.18 Å². The zero-order chi connectivity index (χ0) is 11.5. The van der Waals surface area contributed by atoms with Gasteiger partial charge < -0.3 is 5.32 Å². The highest BCUT2D eigenvalue weighted by atomic mass is 35.5. The molecule has 0 aliphatic heterocycles. The van der Waals surface area contributed by atoms with Crippen molar-refractivity contribution in [3.63, 3.8) is 0 Å². The number of nitrogens with zero attached hydrogens (tertiary/aromatic N) is 2. The summed E-state index contributed by atoms with van der Waals surface area (Å²) < 4.78 is 14.1. The molecule has 0 saturated carbocycles. The quantitative estimate of drug-likeness (QED) is 0.832. The van der Waals surface area contributed by atoms with E-state index in [1.54, 1.807) is 0 Å². The first kappa shape index (κ1) is 10.6. The Labute approximate surface area is 95.7 Å². The topological polar surface area (TPSA) is 46.9 Å². The number of hydrogen-bond donors (Lipinski definition) is 1. The minimum absolute atomic E-state index is 0.223. The van der Waals surface area contributed by atoms with E-state index in [-0.39, 0.29) is 10.7 Å². The van der Waals surface area contributed by atoms with E-state index in [2.05, 4.69) is 10.3 Å². The maximum atomic E-state index is 12.9. The van der Waals surface area contributed by atoms with Crippen molar-refractivity contribution in [2.75, 3.05) is 5.32 Å². The number of benzene rings is 1. The second kappa shape index (κ2) is 4.32. The van der Waals surface area contributed by atoms with Crippen molar-refractivity contribution in [3.05, 3.63) is 47.8 Å². The maximum absolute atomic E-state index is 12.9. The Kier molecular flexibility index (Phi) is 2.87. The van der Waals surface area contributed by atoms with Crippen molar-refractivity contribution >= 4 is 23.3 Å². The van der Waals surface area contributed by atoms with Crippen LogP contribution in [0, 0.1) is 5.82 Å². The van der Waals surface area contributed by atoms with E-state index in [0.29, 0.717) is 0 Å². The monoisotopic (exact) mass is 239 g/mol. The highest BCUT2D eigenvalue weighted by molar-refractivity contribution is 6.33. The van der Waals surface area contributed by atoms with Crippen LogP contribution in [-0.2, 0) is 0 Å². The smallest absolute Gasteiger partial charge is 0.306 e. The number of rotatable bonds is 1. The zero-order valence-electron chi connectivity index (χ0n) is 8.02. The molecule has 1 aromatic carbocycles. The Morgan fingerprint density at radius 2 is 2.31 bits per heavy atom. The van der Waals surface area contributed by atoms with Crippen LogP contribution < -0.4 is 5.32 Å². The number of aromatic nitrogens is 2. The van der Waals surface area contributed by atoms with E-state index >= 15 is 0 Å². The van der Waals surface area contributed by atoms with Crippen molar-refractivity contribution in [1.29, 1.82) is 0 Å². The zero-order valence-corrected chi connectivity index (χ0v) is 8.78. The molecule has 82 valence electrons. The molecule has 2 aromatic rings. The SMILES string of the molecule is O=C(Nc1cc(F)ccc1Cl)n1ccnc1. The van der Waals surface area contributed by atoms with Crippen molar-refractivity contribution in [3.8, 4) is 0 Å². The van der Waals surface area contributed by atoms with Gasteiger partial charge in [-0.2, -0.15) is 0 Å². The van der Waals surface area contributed by atoms with Gasteiger partial charge in [0.25, 0.3) is 0 Å². The first-order valence-corrected chi connectivity index (χ1v) is 4.79. The van der Waals surface area contributed by atoms with E-state index in [9.17, 15) is 9.18 Å². The van der Waals surface area contributed by atoms with Gasteiger partial charge in [-0.15, -0.1) is 0 Å². The molecule has 0 aliphatic rings. The van der Waals surface area contributed by atoms with Crippen molar-refractivity contribution in [2.45, 2.75) is 0 Å². The summed E-state index contributed by atoms with van der Waals surface area (Å²) in [7, 11) is 0. The van der Waals surface area contributed by atoms with E-state index < -0.39 is 11.8 Å². The summed E-state index contributed by atoms with van der Waals surface area (Å²) in [5.74, 6) is -0.467. The van der Waals surface area contributed by atoms with Crippen LogP contribution in [0.2, 0.25) is 5.02 Å². The second-order valence-corrected chi connectivity index (χ2v) is 3.43. The van der Waals surface area contributed by atoms with Gasteiger partial charge in [0.15, 0.2) is 0 Å². The summed E-state index contributed by atoms with van der Waals surface area (Å²) in [6.45, 7) is 0. The van der Waals surface area contributed by atoms with Crippen molar-refractivity contribution in [2.24, 2.45) is 0 Å². The fraction of sp³-hybridized carbons (Fsp3) is 0. The highest BCUT2D eigenvalue weighted by Crippen LogP contribution is 2.22. The lowest BCUT2D eigenvalue weighted by Crippen LogP contribution is -2.18. The Bertz CT molecular complexity index is 513. The fourth-order valence-electron chi connectivity index (χ4n) is 1.15. The van der Waals surface area contributed by atoms with Crippen LogP contribution in [-0.4, -0.2) is 15.6 Å². The summed E-state index contributed by atoms with van der Waals surface area (Å²) in [6.07, 6.45) is 4.28. The molecule has 0 saturated heterocycles. The molecule has 0 radical (unpaired) electrons. The standard InChI is InChI=1S/C10H7ClFN3O/c11-8-2-1-7(12)5-9(8)14-10(16)15-4-3-13-6-15/h1-6H,(H,14,16). The molecule has 0 unspecified atom stereocenters. The van der Waals surface area contributed by atoms with Gasteiger partial charge in [0.1, 0.15) is 12.1 Å². The summed E-state index contributed by atoms with van der Waals surface area (Å²) in [5, 5.41) is 2.74. The number of carbonyl (C=O) groups is 1. The molecule has 0 atom stereocenters. The lowest BCUT2D eigenvalue weighted by Gasteiger charge is -2.06. The van der Waals surface area contributed by atoms with Gasteiger partial charge in [-0.1, -0.05) is 11.6 Å². The summed E-state index contributed by atoms with van der Waals surface area (Å²) in [4.78, 5) is 15.3. The average molecular weight is 240 g/mol. The minimum atomic E-state index is -0.467. The first-order valence-electron chi connectivity index (χ1n) is 4.41. The van der Waals surface area contributed by atoms with E-state index in [1.165, 1.54) is 35.4 Å². The van der Waals surface area contributed by atoms with E-state index in [4.69, 9.17) is 11.6 Å². The predicted octanol–water partition coefficient (Wildman–Crippen LogP) is 2.76. The third-order valence-electron chi connectivity index (χ3n) is 1.91. The van der Waals surface area contributed by atoms with Crippen LogP contribution in [0.4, 0.5) is 14.9 Å². The molecule has 2 rings (SSSR count). The summed E-state index contributed by atoms with van der Waals surface area (Å²) >= 11 is 5.80. The van der Waals surface area contributed by atoms with Crippen LogP contribution in [0.25, 0.3) is 0 Å². The van der Waals surface area contributed by atoms with Crippen LogP contribution in [0.15, 0.2) is 36.9 Å². The molecular weight excluding hydrogens is 233 g/mol. The average Bonchev–Trinajstić information content (AvgIpc) is 2.76. The van der Waals surface area contributed by atoms with Crippen LogP contribution in [0.3, 0.4) is 0 Å². The van der Waals surface area contributed by atoms with Gasteiger partial charge in [-0.3, -0.25) is 4.57 Å². The van der Waals surface area contributed by atoms with Gasteiger partial charge in [0.05, 0.1) is 10.7 Å². The molecule has 1 N–H and O–H groups in total. The molecule has 1 amide bonds. The number of halogens is 2. The summed E-state index contributed by atoms with van der Waals surface area (Å²) in [6, 6.07) is 3.29. The Hall–Kier alpha value is -1.88. The number of anilines is 1. The van der Waals surface area contributed by atoms with Gasteiger partial charge in [0.2, 0.25) is 0 Å². The van der Waals surface area contributed by atoms with Crippen LogP contribution in [0.5, 0.6) is 0 Å². The summed E-state index contributed by atoms with van der Waals surface area (Å²) in [5.41, 5.74) is 0.223. The first-order chi connectivity index (χ1) is 7.66. The molecule has 4 nitrogen and oxygen atoms in total. The molecule has 6 heteroatoms. The van der Waals surface area contributed by atoms with Crippen molar-refractivity contribution in [1.82, 2.24) is 9.55 Å². The molecule has 0 aliphatic carbocycles. The Balaban J connectivity index is 2.21.